The highest BCUT2D eigenvalue weighted by Crippen LogP contribution is 2.42. The van der Waals surface area contributed by atoms with Crippen molar-refractivity contribution in [2.24, 2.45) is 19.5 Å². The molecule has 0 saturated carbocycles. The number of nitrogens with zero attached hydrogens (tertiary/aromatic N) is 4. The fourth-order valence-corrected chi connectivity index (χ4v) is 6.30. The Morgan fingerprint density at radius 1 is 1.16 bits per heavy atom. The molecule has 11 nitrogen and oxygen atoms in total. The summed E-state index contributed by atoms with van der Waals surface area (Å²) in [5.41, 5.74) is -0.0801. The van der Waals surface area contributed by atoms with Gasteiger partial charge in [-0.1, -0.05) is 48.6 Å². The van der Waals surface area contributed by atoms with E-state index in [0.29, 0.717) is 31.2 Å². The number of rotatable bonds is 8. The molecule has 5 rings (SSSR count). The number of likely N-dealkylation sites (tertiary alicyclic amines) is 1. The lowest BCUT2D eigenvalue weighted by atomic mass is 9.79. The molecule has 0 bridgehead atoms. The Labute approximate surface area is 259 Å². The van der Waals surface area contributed by atoms with Gasteiger partial charge in [0, 0.05) is 45.5 Å². The van der Waals surface area contributed by atoms with Gasteiger partial charge >= 0.3 is 11.7 Å². The van der Waals surface area contributed by atoms with Crippen molar-refractivity contribution in [2.75, 3.05) is 20.2 Å². The molecule has 1 aliphatic heterocycles. The molecule has 44 heavy (non-hydrogen) atoms. The maximum atomic E-state index is 13.8. The molecule has 1 aliphatic carbocycles. The number of benzene rings is 1. The second-order valence-corrected chi connectivity index (χ2v) is 12.1. The van der Waals surface area contributed by atoms with Crippen molar-refractivity contribution in [3.63, 3.8) is 0 Å². The van der Waals surface area contributed by atoms with E-state index < -0.39 is 39.5 Å². The molecule has 0 radical (unpaired) electrons. The van der Waals surface area contributed by atoms with Gasteiger partial charge in [0.1, 0.15) is 11.1 Å². The molecular weight excluding hydrogens is 586 g/mol. The lowest BCUT2D eigenvalue weighted by Gasteiger charge is -2.45. The third kappa shape index (κ3) is 5.26. The van der Waals surface area contributed by atoms with Gasteiger partial charge in [-0.25, -0.2) is 9.78 Å². The van der Waals surface area contributed by atoms with Crippen LogP contribution < -0.4 is 21.3 Å². The van der Waals surface area contributed by atoms with Crippen LogP contribution in [0.1, 0.15) is 39.7 Å². The molecule has 2 unspecified atom stereocenters. The Hall–Kier alpha value is -4.48. The molecule has 2 aromatic heterocycles. The summed E-state index contributed by atoms with van der Waals surface area (Å²) in [5, 5.41) is 11.6. The Kier molecular flexibility index (Phi) is 8.13. The number of halogens is 1. The van der Waals surface area contributed by atoms with E-state index in [1.807, 2.05) is 48.2 Å². The number of aliphatic carboxylic acids is 1. The summed E-state index contributed by atoms with van der Waals surface area (Å²) in [6.07, 6.45) is 6.60. The molecule has 2 N–H and O–H groups in total. The number of hydrogen-bond acceptors (Lipinski definition) is 7. The monoisotopic (exact) mass is 619 g/mol. The second kappa shape index (κ2) is 11.5. The summed E-state index contributed by atoms with van der Waals surface area (Å²) < 4.78 is 7.71. The maximum Gasteiger partial charge on any atom is 0.330 e. The molecule has 1 fully saturated rings. The number of nitrogens with one attached hydrogen (secondary N) is 1. The van der Waals surface area contributed by atoms with Crippen LogP contribution in [0.5, 0.6) is 5.88 Å². The van der Waals surface area contributed by atoms with E-state index in [1.54, 1.807) is 25.1 Å². The minimum atomic E-state index is -1.44. The summed E-state index contributed by atoms with van der Waals surface area (Å²) >= 11 is 7.30. The number of amides is 1. The van der Waals surface area contributed by atoms with Crippen LogP contribution in [0.4, 0.5) is 0 Å². The number of aromatic nitrogens is 3. The van der Waals surface area contributed by atoms with E-state index >= 15 is 0 Å². The molecule has 1 amide bonds. The first-order valence-electron chi connectivity index (χ1n) is 14.0. The highest BCUT2D eigenvalue weighted by molar-refractivity contribution is 6.28. The van der Waals surface area contributed by atoms with Gasteiger partial charge in [-0.3, -0.25) is 23.9 Å². The normalized spacial score (nSPS) is 20.9. The first kappa shape index (κ1) is 31.0. The number of pyridine rings is 1. The third-order valence-electron chi connectivity index (χ3n) is 8.39. The third-order valence-corrected chi connectivity index (χ3v) is 8.97. The van der Waals surface area contributed by atoms with Crippen molar-refractivity contribution < 1.29 is 19.4 Å². The van der Waals surface area contributed by atoms with Crippen LogP contribution >= 0.6 is 11.6 Å². The lowest BCUT2D eigenvalue weighted by Crippen LogP contribution is -2.58. The van der Waals surface area contributed by atoms with Gasteiger partial charge in [0.2, 0.25) is 5.88 Å². The number of carbonyl (C=O) groups is 2. The fourth-order valence-electron chi connectivity index (χ4n) is 5.87. The second-order valence-electron chi connectivity index (χ2n) is 11.7. The minimum absolute atomic E-state index is 0.235. The SMILES string of the molecule is COc1nc(C2(NC(=O)c3cn(C)c(=O)n(C)c3=O)C=CC=C(c3ccccc3C)C2Cl)ccc1CN1CC(C)(C(=O)O)C1. The minimum Gasteiger partial charge on any atom is -0.481 e. The number of allylic oxidation sites excluding steroid dienone is 2. The van der Waals surface area contributed by atoms with Crippen LogP contribution in [0, 0.1) is 12.3 Å². The van der Waals surface area contributed by atoms with Gasteiger partial charge in [-0.05, 0) is 36.6 Å². The maximum absolute atomic E-state index is 13.8. The van der Waals surface area contributed by atoms with Crippen LogP contribution in [0.3, 0.4) is 0 Å². The van der Waals surface area contributed by atoms with Gasteiger partial charge in [-0.2, -0.15) is 0 Å². The molecule has 2 atom stereocenters. The summed E-state index contributed by atoms with van der Waals surface area (Å²) in [5.74, 6) is -1.28. The van der Waals surface area contributed by atoms with Crippen molar-refractivity contribution in [1.82, 2.24) is 24.3 Å². The summed E-state index contributed by atoms with van der Waals surface area (Å²) in [6, 6.07) is 11.3. The predicted molar refractivity (Wildman–Crippen MR) is 166 cm³/mol. The molecule has 230 valence electrons. The highest BCUT2D eigenvalue weighted by atomic mass is 35.5. The van der Waals surface area contributed by atoms with E-state index in [0.717, 1.165) is 31.4 Å². The number of hydrogen-bond donors (Lipinski definition) is 2. The van der Waals surface area contributed by atoms with Gasteiger partial charge in [0.05, 0.1) is 23.6 Å². The molecule has 1 saturated heterocycles. The van der Waals surface area contributed by atoms with Crippen molar-refractivity contribution in [3.05, 3.63) is 110 Å². The quantitative estimate of drug-likeness (QED) is 0.367. The van der Waals surface area contributed by atoms with E-state index in [2.05, 4.69) is 5.32 Å². The molecule has 12 heteroatoms. The zero-order valence-corrected chi connectivity index (χ0v) is 25.9. The number of ether oxygens (including phenoxy) is 1. The molecule has 1 aromatic carbocycles. The number of aryl methyl sites for hydroxylation is 2. The average molecular weight is 620 g/mol. The molecule has 0 spiro atoms. The molecule has 3 aromatic rings. The summed E-state index contributed by atoms with van der Waals surface area (Å²) in [4.78, 5) is 57.5. The number of alkyl halides is 1. The predicted octanol–water partition coefficient (Wildman–Crippen LogP) is 2.59. The Morgan fingerprint density at radius 3 is 2.52 bits per heavy atom. The number of carbonyl (C=O) groups excluding carboxylic acids is 1. The van der Waals surface area contributed by atoms with Crippen LogP contribution in [0.25, 0.3) is 5.57 Å². The largest absolute Gasteiger partial charge is 0.481 e. The summed E-state index contributed by atoms with van der Waals surface area (Å²) in [7, 11) is 4.25. The van der Waals surface area contributed by atoms with E-state index in [4.69, 9.17) is 21.3 Å². The number of carboxylic acids is 1. The molecule has 2 aliphatic rings. The Balaban J connectivity index is 1.58. The van der Waals surface area contributed by atoms with Crippen LogP contribution in [-0.4, -0.2) is 61.6 Å². The fraction of sp³-hybridized carbons (Fsp3) is 0.344. The lowest BCUT2D eigenvalue weighted by molar-refractivity contribution is -0.158. The van der Waals surface area contributed by atoms with Crippen LogP contribution in [0.2, 0.25) is 0 Å². The Morgan fingerprint density at radius 2 is 1.86 bits per heavy atom. The first-order chi connectivity index (χ1) is 20.8. The average Bonchev–Trinajstić information content (AvgIpc) is 2.98. The van der Waals surface area contributed by atoms with E-state index in [1.165, 1.54) is 27.4 Å². The van der Waals surface area contributed by atoms with E-state index in [9.17, 15) is 24.3 Å². The summed E-state index contributed by atoms with van der Waals surface area (Å²) in [6.45, 7) is 4.87. The number of carboxylic acid groups (broad SMARTS) is 1. The van der Waals surface area contributed by atoms with Crippen molar-refractivity contribution in [3.8, 4) is 5.88 Å². The van der Waals surface area contributed by atoms with Crippen molar-refractivity contribution >= 4 is 29.1 Å². The first-order valence-corrected chi connectivity index (χ1v) is 14.4. The smallest absolute Gasteiger partial charge is 0.330 e. The zero-order valence-electron chi connectivity index (χ0n) is 25.1. The topological polar surface area (TPSA) is 136 Å². The van der Waals surface area contributed by atoms with Crippen molar-refractivity contribution in [1.29, 1.82) is 0 Å². The standard InChI is InChI=1S/C32H34ClN5O6/c1-19-9-6-7-10-21(19)22-11-8-14-32(25(22)33,35-26(39)23-16-36(3)30(43)37(4)28(23)40)24-13-12-20(27(34-24)44-5)15-38-17-31(2,18-38)29(41)42/h6-14,16,25H,15,17-18H2,1-5H3,(H,35,39)(H,41,42). The van der Waals surface area contributed by atoms with Crippen molar-refractivity contribution in [2.45, 2.75) is 31.3 Å². The van der Waals surface area contributed by atoms with Gasteiger partial charge in [0.25, 0.3) is 11.5 Å². The van der Waals surface area contributed by atoms with Crippen LogP contribution in [0.15, 0.2) is 70.4 Å². The van der Waals surface area contributed by atoms with Crippen LogP contribution in [-0.2, 0) is 31.0 Å². The van der Waals surface area contributed by atoms with Gasteiger partial charge in [-0.15, -0.1) is 11.6 Å². The molecule has 3 heterocycles. The van der Waals surface area contributed by atoms with Gasteiger partial charge < -0.3 is 19.7 Å². The molecular formula is C32H34ClN5O6. The van der Waals surface area contributed by atoms with Gasteiger partial charge in [0.15, 0.2) is 0 Å². The zero-order chi connectivity index (χ0) is 32.0. The Bertz CT molecular complexity index is 1840. The highest BCUT2D eigenvalue weighted by Gasteiger charge is 2.47. The number of methoxy groups -OCH3 is 1. The van der Waals surface area contributed by atoms with E-state index in [-0.39, 0.29) is 5.56 Å².